The molecule has 0 radical (unpaired) electrons. The van der Waals surface area contributed by atoms with E-state index in [-0.39, 0.29) is 5.43 Å². The van der Waals surface area contributed by atoms with Crippen LogP contribution in [0.4, 0.5) is 5.69 Å². The molecule has 100 valence electrons. The quantitative estimate of drug-likeness (QED) is 0.782. The van der Waals surface area contributed by atoms with Crippen LogP contribution in [0.5, 0.6) is 0 Å². The van der Waals surface area contributed by atoms with Crippen LogP contribution in [0.25, 0.3) is 10.1 Å². The molecule has 2 atom stereocenters. The molecule has 0 N–H and O–H groups in total. The second-order valence-corrected chi connectivity index (χ2v) is 6.39. The monoisotopic (exact) mass is 273 g/mol. The Morgan fingerprint density at radius 3 is 2.58 bits per heavy atom. The number of piperidine rings is 1. The Hall–Kier alpha value is -1.35. The summed E-state index contributed by atoms with van der Waals surface area (Å²) in [5, 5.41) is 2.90. The third-order valence-electron chi connectivity index (χ3n) is 4.13. The van der Waals surface area contributed by atoms with Gasteiger partial charge in [0.1, 0.15) is 0 Å². The van der Waals surface area contributed by atoms with E-state index in [1.165, 1.54) is 19.3 Å². The Balaban J connectivity index is 2.14. The second kappa shape index (κ2) is 4.97. The molecule has 3 heteroatoms. The molecule has 0 aliphatic carbocycles. The first kappa shape index (κ1) is 12.7. The molecule has 0 bridgehead atoms. The molecule has 1 saturated heterocycles. The lowest BCUT2D eigenvalue weighted by molar-refractivity contribution is 0.414. The maximum Gasteiger partial charge on any atom is 0.211 e. The predicted molar refractivity (Wildman–Crippen MR) is 83.3 cm³/mol. The first-order chi connectivity index (χ1) is 9.18. The molecule has 0 unspecified atom stereocenters. The molecule has 19 heavy (non-hydrogen) atoms. The highest BCUT2D eigenvalue weighted by Gasteiger charge is 2.26. The minimum absolute atomic E-state index is 0.190. The van der Waals surface area contributed by atoms with Gasteiger partial charge in [-0.2, -0.15) is 0 Å². The fourth-order valence-electron chi connectivity index (χ4n) is 3.14. The zero-order valence-electron chi connectivity index (χ0n) is 11.4. The van der Waals surface area contributed by atoms with Crippen LogP contribution in [0, 0.1) is 0 Å². The summed E-state index contributed by atoms with van der Waals surface area (Å²) in [5.74, 6) is 0. The van der Waals surface area contributed by atoms with Gasteiger partial charge in [-0.05, 0) is 45.2 Å². The smallest absolute Gasteiger partial charge is 0.211 e. The molecule has 0 saturated carbocycles. The number of benzene rings is 1. The summed E-state index contributed by atoms with van der Waals surface area (Å²) in [5.41, 5.74) is 1.08. The molecular formula is C16H19NOS. The standard InChI is InChI=1S/C16H19NOS/c1-11-6-5-7-12(2)17(11)14-10-19-15-9-4-3-8-13(15)16(14)18/h3-4,8-12H,5-7H2,1-2H3/t11-,12-/m0/s1. The Bertz CT molecular complexity index is 638. The van der Waals surface area contributed by atoms with Gasteiger partial charge in [-0.15, -0.1) is 11.3 Å². The third-order valence-corrected chi connectivity index (χ3v) is 5.08. The SMILES string of the molecule is C[C@H]1CCC[C@H](C)N1c1csc2ccccc2c1=O. The van der Waals surface area contributed by atoms with E-state index in [0.717, 1.165) is 15.8 Å². The molecule has 1 aliphatic rings. The molecule has 1 fully saturated rings. The van der Waals surface area contributed by atoms with E-state index >= 15 is 0 Å². The van der Waals surface area contributed by atoms with Gasteiger partial charge in [-0.1, -0.05) is 12.1 Å². The highest BCUT2D eigenvalue weighted by Crippen LogP contribution is 2.29. The fraction of sp³-hybridized carbons (Fsp3) is 0.438. The largest absolute Gasteiger partial charge is 0.362 e. The van der Waals surface area contributed by atoms with Gasteiger partial charge < -0.3 is 4.90 Å². The summed E-state index contributed by atoms with van der Waals surface area (Å²) in [6, 6.07) is 8.83. The first-order valence-corrected chi connectivity index (χ1v) is 7.85. The van der Waals surface area contributed by atoms with Crippen LogP contribution in [-0.4, -0.2) is 12.1 Å². The average Bonchev–Trinajstić information content (AvgIpc) is 2.41. The lowest BCUT2D eigenvalue weighted by atomic mass is 9.97. The molecule has 2 nitrogen and oxygen atoms in total. The fourth-order valence-corrected chi connectivity index (χ4v) is 4.05. The van der Waals surface area contributed by atoms with Crippen molar-refractivity contribution >= 4 is 27.1 Å². The van der Waals surface area contributed by atoms with Crippen LogP contribution in [0.2, 0.25) is 0 Å². The minimum atomic E-state index is 0.190. The predicted octanol–water partition coefficient (Wildman–Crippen LogP) is 4.03. The number of anilines is 1. The number of nitrogens with zero attached hydrogens (tertiary/aromatic N) is 1. The maximum atomic E-state index is 12.7. The van der Waals surface area contributed by atoms with E-state index < -0.39 is 0 Å². The van der Waals surface area contributed by atoms with Crippen molar-refractivity contribution in [3.05, 3.63) is 39.9 Å². The summed E-state index contributed by atoms with van der Waals surface area (Å²) >= 11 is 1.67. The topological polar surface area (TPSA) is 20.3 Å². The van der Waals surface area contributed by atoms with Crippen LogP contribution < -0.4 is 10.3 Å². The number of hydrogen-bond acceptors (Lipinski definition) is 3. The van der Waals surface area contributed by atoms with Crippen molar-refractivity contribution < 1.29 is 0 Å². The van der Waals surface area contributed by atoms with E-state index in [1.54, 1.807) is 11.3 Å². The first-order valence-electron chi connectivity index (χ1n) is 6.97. The van der Waals surface area contributed by atoms with Crippen LogP contribution in [-0.2, 0) is 0 Å². The van der Waals surface area contributed by atoms with Gasteiger partial charge in [-0.25, -0.2) is 0 Å². The molecule has 2 aromatic rings. The van der Waals surface area contributed by atoms with E-state index in [9.17, 15) is 4.79 Å². The molecule has 1 aromatic carbocycles. The summed E-state index contributed by atoms with van der Waals surface area (Å²) in [6.45, 7) is 4.46. The van der Waals surface area contributed by atoms with Crippen molar-refractivity contribution in [1.82, 2.24) is 0 Å². The van der Waals surface area contributed by atoms with E-state index in [0.29, 0.717) is 12.1 Å². The molecule has 1 aliphatic heterocycles. The van der Waals surface area contributed by atoms with Crippen LogP contribution in [0.3, 0.4) is 0 Å². The molecule has 1 aromatic heterocycles. The van der Waals surface area contributed by atoms with Crippen molar-refractivity contribution in [2.45, 2.75) is 45.2 Å². The van der Waals surface area contributed by atoms with E-state index in [2.05, 4.69) is 18.7 Å². The number of rotatable bonds is 1. The van der Waals surface area contributed by atoms with Gasteiger partial charge in [-0.3, -0.25) is 4.79 Å². The molecule has 0 amide bonds. The zero-order chi connectivity index (χ0) is 13.4. The highest BCUT2D eigenvalue weighted by atomic mass is 32.1. The van der Waals surface area contributed by atoms with Crippen molar-refractivity contribution in [2.75, 3.05) is 4.90 Å². The van der Waals surface area contributed by atoms with Crippen molar-refractivity contribution in [3.63, 3.8) is 0 Å². The van der Waals surface area contributed by atoms with Gasteiger partial charge in [0.05, 0.1) is 5.69 Å². The molecule has 3 rings (SSSR count). The van der Waals surface area contributed by atoms with E-state index in [4.69, 9.17) is 0 Å². The number of hydrogen-bond donors (Lipinski definition) is 0. The summed E-state index contributed by atoms with van der Waals surface area (Å²) in [7, 11) is 0. The van der Waals surface area contributed by atoms with Crippen LogP contribution in [0.15, 0.2) is 34.4 Å². The Morgan fingerprint density at radius 1 is 1.16 bits per heavy atom. The minimum Gasteiger partial charge on any atom is -0.362 e. The van der Waals surface area contributed by atoms with Gasteiger partial charge in [0, 0.05) is 27.5 Å². The average molecular weight is 273 g/mol. The lowest BCUT2D eigenvalue weighted by Gasteiger charge is -2.40. The molecule has 0 spiro atoms. The van der Waals surface area contributed by atoms with Gasteiger partial charge in [0.2, 0.25) is 5.43 Å². The van der Waals surface area contributed by atoms with Crippen molar-refractivity contribution in [2.24, 2.45) is 0 Å². The van der Waals surface area contributed by atoms with Gasteiger partial charge >= 0.3 is 0 Å². The Morgan fingerprint density at radius 2 is 1.84 bits per heavy atom. The molecule has 2 heterocycles. The highest BCUT2D eigenvalue weighted by molar-refractivity contribution is 7.16. The van der Waals surface area contributed by atoms with E-state index in [1.807, 2.05) is 29.6 Å². The third kappa shape index (κ3) is 2.16. The van der Waals surface area contributed by atoms with Crippen molar-refractivity contribution in [1.29, 1.82) is 0 Å². The molecular weight excluding hydrogens is 254 g/mol. The normalized spacial score (nSPS) is 23.8. The van der Waals surface area contributed by atoms with Crippen LogP contribution >= 0.6 is 11.3 Å². The Kier molecular flexibility index (Phi) is 3.31. The summed E-state index contributed by atoms with van der Waals surface area (Å²) in [6.07, 6.45) is 3.63. The number of fused-ring (bicyclic) bond motifs is 1. The summed E-state index contributed by atoms with van der Waals surface area (Å²) < 4.78 is 1.08. The maximum absolute atomic E-state index is 12.7. The van der Waals surface area contributed by atoms with Gasteiger partial charge in [0.15, 0.2) is 0 Å². The second-order valence-electron chi connectivity index (χ2n) is 5.48. The summed E-state index contributed by atoms with van der Waals surface area (Å²) in [4.78, 5) is 15.0. The lowest BCUT2D eigenvalue weighted by Crippen LogP contribution is -2.45. The zero-order valence-corrected chi connectivity index (χ0v) is 12.2. The van der Waals surface area contributed by atoms with Crippen molar-refractivity contribution in [3.8, 4) is 0 Å². The van der Waals surface area contributed by atoms with Gasteiger partial charge in [0.25, 0.3) is 0 Å². The van der Waals surface area contributed by atoms with Crippen LogP contribution in [0.1, 0.15) is 33.1 Å². The Labute approximate surface area is 117 Å².